The minimum absolute atomic E-state index is 0.0417. The molecule has 3 aromatic rings. The summed E-state index contributed by atoms with van der Waals surface area (Å²) in [5.41, 5.74) is 6.73. The third kappa shape index (κ3) is 6.55. The number of benzene rings is 3. The molecule has 0 radical (unpaired) electrons. The van der Waals surface area contributed by atoms with Gasteiger partial charge in [-0.2, -0.15) is 0 Å². The van der Waals surface area contributed by atoms with Crippen LogP contribution in [0.5, 0.6) is 11.5 Å². The van der Waals surface area contributed by atoms with Crippen LogP contribution in [0.25, 0.3) is 0 Å². The maximum absolute atomic E-state index is 12.6. The first kappa shape index (κ1) is 22.8. The van der Waals surface area contributed by atoms with E-state index >= 15 is 0 Å². The average molecular weight is 450 g/mol. The third-order valence-corrected chi connectivity index (χ3v) is 4.52. The van der Waals surface area contributed by atoms with E-state index in [2.05, 4.69) is 16.2 Å². The Bertz CT molecular complexity index is 1070. The Hall–Kier alpha value is -3.91. The highest BCUT2D eigenvalue weighted by molar-refractivity contribution is 7.80. The average Bonchev–Trinajstić information content (AvgIpc) is 2.82. The number of para-hydroxylation sites is 1. The molecule has 8 heteroatoms. The van der Waals surface area contributed by atoms with Gasteiger partial charge in [-0.05, 0) is 61.1 Å². The van der Waals surface area contributed by atoms with Gasteiger partial charge in [-0.15, -0.1) is 0 Å². The molecule has 0 spiro atoms. The zero-order chi connectivity index (χ0) is 22.8. The quantitative estimate of drug-likeness (QED) is 0.377. The molecule has 0 bridgehead atoms. The summed E-state index contributed by atoms with van der Waals surface area (Å²) >= 11 is 5.10. The van der Waals surface area contributed by atoms with Crippen LogP contribution in [0, 0.1) is 0 Å². The molecule has 3 N–H and O–H groups in total. The number of carbonyl (C=O) groups is 2. The monoisotopic (exact) mass is 449 g/mol. The molecule has 0 unspecified atom stereocenters. The van der Waals surface area contributed by atoms with E-state index in [9.17, 15) is 9.59 Å². The Kier molecular flexibility index (Phi) is 8.16. The summed E-state index contributed by atoms with van der Waals surface area (Å²) in [6, 6.07) is 23.2. The Labute approximate surface area is 191 Å². The summed E-state index contributed by atoms with van der Waals surface area (Å²) < 4.78 is 11.2. The zero-order valence-electron chi connectivity index (χ0n) is 17.5. The van der Waals surface area contributed by atoms with Crippen molar-refractivity contribution in [1.29, 1.82) is 0 Å². The van der Waals surface area contributed by atoms with Crippen LogP contribution in [-0.2, 0) is 6.61 Å². The van der Waals surface area contributed by atoms with E-state index in [0.29, 0.717) is 35.8 Å². The molecule has 7 nitrogen and oxygen atoms in total. The SMILES string of the molecule is CCOc1ccc(C(=O)NC(=S)NNC(=O)c2ccccc2OCc2ccccc2)cc1. The van der Waals surface area contributed by atoms with Crippen molar-refractivity contribution in [1.82, 2.24) is 16.2 Å². The van der Waals surface area contributed by atoms with Gasteiger partial charge in [0.05, 0.1) is 12.2 Å². The molecule has 3 rings (SSSR count). The fraction of sp³-hybridized carbons (Fsp3) is 0.125. The first-order chi connectivity index (χ1) is 15.6. The van der Waals surface area contributed by atoms with E-state index in [1.165, 1.54) is 0 Å². The Balaban J connectivity index is 1.52. The Morgan fingerprint density at radius 2 is 1.50 bits per heavy atom. The number of nitrogens with one attached hydrogen (secondary N) is 3. The lowest BCUT2D eigenvalue weighted by Gasteiger charge is -2.14. The number of hydrogen-bond acceptors (Lipinski definition) is 5. The molecule has 0 aliphatic heterocycles. The van der Waals surface area contributed by atoms with E-state index in [4.69, 9.17) is 21.7 Å². The van der Waals surface area contributed by atoms with Gasteiger partial charge in [-0.25, -0.2) is 0 Å². The van der Waals surface area contributed by atoms with Crippen LogP contribution < -0.4 is 25.6 Å². The molecule has 2 amide bonds. The van der Waals surface area contributed by atoms with Crippen molar-refractivity contribution >= 4 is 29.1 Å². The lowest BCUT2D eigenvalue weighted by atomic mass is 10.2. The second-order valence-electron chi connectivity index (χ2n) is 6.59. The van der Waals surface area contributed by atoms with Crippen LogP contribution in [0.15, 0.2) is 78.9 Å². The second kappa shape index (κ2) is 11.5. The minimum Gasteiger partial charge on any atom is -0.494 e. The molecule has 0 fully saturated rings. The van der Waals surface area contributed by atoms with Gasteiger partial charge in [-0.1, -0.05) is 42.5 Å². The maximum Gasteiger partial charge on any atom is 0.273 e. The number of rotatable bonds is 7. The van der Waals surface area contributed by atoms with Crippen LogP contribution >= 0.6 is 12.2 Å². The predicted octanol–water partition coefficient (Wildman–Crippen LogP) is 3.61. The van der Waals surface area contributed by atoms with Gasteiger partial charge in [0.1, 0.15) is 18.1 Å². The van der Waals surface area contributed by atoms with E-state index < -0.39 is 11.8 Å². The summed E-state index contributed by atoms with van der Waals surface area (Å²) in [5.74, 6) is 0.239. The topological polar surface area (TPSA) is 88.7 Å². The van der Waals surface area contributed by atoms with Crippen LogP contribution in [0.2, 0.25) is 0 Å². The summed E-state index contributed by atoms with van der Waals surface area (Å²) in [6.45, 7) is 2.75. The molecular formula is C24H23N3O4S. The number of carbonyl (C=O) groups excluding carboxylic acids is 2. The zero-order valence-corrected chi connectivity index (χ0v) is 18.3. The number of ether oxygens (including phenoxy) is 2. The first-order valence-corrected chi connectivity index (χ1v) is 10.4. The van der Waals surface area contributed by atoms with Gasteiger partial charge in [0.15, 0.2) is 5.11 Å². The van der Waals surface area contributed by atoms with E-state index in [0.717, 1.165) is 5.56 Å². The molecule has 3 aromatic carbocycles. The lowest BCUT2D eigenvalue weighted by molar-refractivity contribution is 0.0930. The van der Waals surface area contributed by atoms with Gasteiger partial charge in [-0.3, -0.25) is 25.8 Å². The third-order valence-electron chi connectivity index (χ3n) is 4.31. The lowest BCUT2D eigenvalue weighted by Crippen LogP contribution is -2.48. The van der Waals surface area contributed by atoms with Crippen molar-refractivity contribution in [3.63, 3.8) is 0 Å². The van der Waals surface area contributed by atoms with Crippen molar-refractivity contribution in [2.24, 2.45) is 0 Å². The molecule has 0 aliphatic rings. The summed E-state index contributed by atoms with van der Waals surface area (Å²) in [4.78, 5) is 24.9. The van der Waals surface area contributed by atoms with Crippen LogP contribution in [0.4, 0.5) is 0 Å². The molecular weight excluding hydrogens is 426 g/mol. The molecule has 32 heavy (non-hydrogen) atoms. The van der Waals surface area contributed by atoms with Gasteiger partial charge in [0, 0.05) is 5.56 Å². The summed E-state index contributed by atoms with van der Waals surface area (Å²) in [7, 11) is 0. The van der Waals surface area contributed by atoms with Crippen LogP contribution in [0.1, 0.15) is 33.2 Å². The van der Waals surface area contributed by atoms with Crippen molar-refractivity contribution in [2.75, 3.05) is 6.61 Å². The van der Waals surface area contributed by atoms with E-state index in [-0.39, 0.29) is 5.11 Å². The molecule has 0 saturated heterocycles. The summed E-state index contributed by atoms with van der Waals surface area (Å²) in [5, 5.41) is 2.47. The Morgan fingerprint density at radius 1 is 0.812 bits per heavy atom. The second-order valence-corrected chi connectivity index (χ2v) is 7.00. The van der Waals surface area contributed by atoms with Gasteiger partial charge in [0.2, 0.25) is 0 Å². The van der Waals surface area contributed by atoms with Crippen molar-refractivity contribution < 1.29 is 19.1 Å². The number of hydrogen-bond donors (Lipinski definition) is 3. The molecule has 0 aliphatic carbocycles. The van der Waals surface area contributed by atoms with Crippen LogP contribution in [-0.4, -0.2) is 23.5 Å². The van der Waals surface area contributed by atoms with Gasteiger partial charge < -0.3 is 9.47 Å². The first-order valence-electron chi connectivity index (χ1n) is 9.97. The molecule has 0 atom stereocenters. The number of hydrazine groups is 1. The standard InChI is InChI=1S/C24H23N3O4S/c1-2-30-19-14-12-18(13-15-19)22(28)25-24(32)27-26-23(29)20-10-6-7-11-21(20)31-16-17-8-4-3-5-9-17/h3-15H,2,16H2,1H3,(H,26,29)(H2,25,27,28,32). The van der Waals surface area contributed by atoms with Gasteiger partial charge >= 0.3 is 0 Å². The predicted molar refractivity (Wildman–Crippen MR) is 125 cm³/mol. The maximum atomic E-state index is 12.6. The Morgan fingerprint density at radius 3 is 2.22 bits per heavy atom. The van der Waals surface area contributed by atoms with E-state index in [1.54, 1.807) is 48.5 Å². The summed E-state index contributed by atoms with van der Waals surface area (Å²) in [6.07, 6.45) is 0. The number of thiocarbonyl (C=S) groups is 1. The van der Waals surface area contributed by atoms with Crippen molar-refractivity contribution in [2.45, 2.75) is 13.5 Å². The van der Waals surface area contributed by atoms with E-state index in [1.807, 2.05) is 37.3 Å². The smallest absolute Gasteiger partial charge is 0.273 e. The fourth-order valence-corrected chi connectivity index (χ4v) is 2.92. The highest BCUT2D eigenvalue weighted by atomic mass is 32.1. The van der Waals surface area contributed by atoms with Crippen LogP contribution in [0.3, 0.4) is 0 Å². The van der Waals surface area contributed by atoms with Crippen molar-refractivity contribution in [3.05, 3.63) is 95.6 Å². The molecule has 0 aromatic heterocycles. The fourth-order valence-electron chi connectivity index (χ4n) is 2.77. The molecule has 0 saturated carbocycles. The minimum atomic E-state index is -0.452. The highest BCUT2D eigenvalue weighted by Gasteiger charge is 2.13. The molecule has 164 valence electrons. The highest BCUT2D eigenvalue weighted by Crippen LogP contribution is 2.19. The normalized spacial score (nSPS) is 10.0. The molecule has 0 heterocycles. The number of amides is 2. The van der Waals surface area contributed by atoms with Gasteiger partial charge in [0.25, 0.3) is 11.8 Å². The largest absolute Gasteiger partial charge is 0.494 e. The van der Waals surface area contributed by atoms with Crippen molar-refractivity contribution in [3.8, 4) is 11.5 Å².